The highest BCUT2D eigenvalue weighted by Gasteiger charge is 2.33. The van der Waals surface area contributed by atoms with Crippen LogP contribution >= 0.6 is 0 Å². The highest BCUT2D eigenvalue weighted by Crippen LogP contribution is 2.18. The molecule has 6 nitrogen and oxygen atoms in total. The number of hydrogen-bond acceptors (Lipinski definition) is 4. The van der Waals surface area contributed by atoms with Crippen LogP contribution in [0.5, 0.6) is 0 Å². The van der Waals surface area contributed by atoms with Crippen LogP contribution in [0.2, 0.25) is 0 Å². The number of nitrogens with zero attached hydrogens (tertiary/aromatic N) is 1. The van der Waals surface area contributed by atoms with Gasteiger partial charge in [0.2, 0.25) is 0 Å². The number of rotatable bonds is 4. The molecule has 17 heavy (non-hydrogen) atoms. The first-order valence-electron chi connectivity index (χ1n) is 5.96. The van der Waals surface area contributed by atoms with E-state index < -0.39 is 18.0 Å². The van der Waals surface area contributed by atoms with Gasteiger partial charge in [-0.15, -0.1) is 0 Å². The van der Waals surface area contributed by atoms with Crippen LogP contribution in [0.1, 0.15) is 20.3 Å². The number of carbonyl (C=O) groups is 2. The minimum absolute atomic E-state index is 0.0271. The average Bonchev–Trinajstić information content (AvgIpc) is 2.29. The maximum Gasteiger partial charge on any atom is 0.409 e. The number of carboxylic acids is 1. The maximum absolute atomic E-state index is 11.6. The van der Waals surface area contributed by atoms with Gasteiger partial charge >= 0.3 is 12.1 Å². The Morgan fingerprint density at radius 3 is 2.65 bits per heavy atom. The normalized spacial score (nSPS) is 24.5. The largest absolute Gasteiger partial charge is 0.481 e. The molecule has 98 valence electrons. The number of carboxylic acid groups (broad SMARTS) is 1. The van der Waals surface area contributed by atoms with Gasteiger partial charge in [-0.05, 0) is 19.9 Å². The molecule has 0 aromatic rings. The number of nitrogens with one attached hydrogen (secondary N) is 1. The molecule has 2 unspecified atom stereocenters. The molecule has 0 aromatic carbocycles. The summed E-state index contributed by atoms with van der Waals surface area (Å²) in [6.07, 6.45) is 0.125. The van der Waals surface area contributed by atoms with E-state index >= 15 is 0 Å². The van der Waals surface area contributed by atoms with Crippen molar-refractivity contribution < 1.29 is 19.4 Å². The van der Waals surface area contributed by atoms with Gasteiger partial charge in [0.05, 0.1) is 12.5 Å². The fourth-order valence-electron chi connectivity index (χ4n) is 2.08. The average molecular weight is 244 g/mol. The maximum atomic E-state index is 11.6. The van der Waals surface area contributed by atoms with Crippen molar-refractivity contribution >= 4 is 12.1 Å². The molecule has 1 rings (SSSR count). The molecule has 1 fully saturated rings. The van der Waals surface area contributed by atoms with Gasteiger partial charge < -0.3 is 20.1 Å². The van der Waals surface area contributed by atoms with E-state index in [4.69, 9.17) is 9.84 Å². The van der Waals surface area contributed by atoms with Crippen molar-refractivity contribution in [1.82, 2.24) is 10.2 Å². The third kappa shape index (κ3) is 3.89. The highest BCUT2D eigenvalue weighted by molar-refractivity contribution is 5.73. The summed E-state index contributed by atoms with van der Waals surface area (Å²) in [5.74, 6) is -1.38. The molecular formula is C11H20N2O4. The van der Waals surface area contributed by atoms with Crippen molar-refractivity contribution in [2.24, 2.45) is 5.92 Å². The number of likely N-dealkylation sites (tertiary alicyclic amines) is 1. The highest BCUT2D eigenvalue weighted by atomic mass is 16.6. The van der Waals surface area contributed by atoms with Crippen LogP contribution in [-0.4, -0.2) is 54.4 Å². The molecule has 2 N–H and O–H groups in total. The predicted octanol–water partition coefficient (Wildman–Crippen LogP) is 0.528. The van der Waals surface area contributed by atoms with Gasteiger partial charge in [0, 0.05) is 19.1 Å². The Labute approximate surface area is 101 Å². The summed E-state index contributed by atoms with van der Waals surface area (Å²) >= 11 is 0. The lowest BCUT2D eigenvalue weighted by Gasteiger charge is -2.35. The summed E-state index contributed by atoms with van der Waals surface area (Å²) in [7, 11) is 0. The molecule has 1 aliphatic rings. The third-order valence-electron chi connectivity index (χ3n) is 2.82. The first-order valence-corrected chi connectivity index (χ1v) is 5.96. The van der Waals surface area contributed by atoms with Crippen LogP contribution in [0.4, 0.5) is 4.79 Å². The van der Waals surface area contributed by atoms with Crippen LogP contribution in [0, 0.1) is 5.92 Å². The van der Waals surface area contributed by atoms with Gasteiger partial charge in [-0.1, -0.05) is 6.92 Å². The molecule has 0 radical (unpaired) electrons. The Hall–Kier alpha value is -1.30. The van der Waals surface area contributed by atoms with Gasteiger partial charge in [-0.25, -0.2) is 4.79 Å². The van der Waals surface area contributed by atoms with Gasteiger partial charge in [0.15, 0.2) is 0 Å². The zero-order chi connectivity index (χ0) is 12.8. The number of piperidine rings is 1. The molecule has 0 saturated carbocycles. The number of amides is 1. The summed E-state index contributed by atoms with van der Waals surface area (Å²) < 4.78 is 4.90. The van der Waals surface area contributed by atoms with Crippen molar-refractivity contribution in [1.29, 1.82) is 0 Å². The topological polar surface area (TPSA) is 78.9 Å². The number of carbonyl (C=O) groups excluding carboxylic acids is 1. The Bertz CT molecular complexity index is 283. The third-order valence-corrected chi connectivity index (χ3v) is 2.82. The van der Waals surface area contributed by atoms with Crippen LogP contribution in [0.15, 0.2) is 0 Å². The van der Waals surface area contributed by atoms with Crippen molar-refractivity contribution in [3.05, 3.63) is 0 Å². The zero-order valence-electron chi connectivity index (χ0n) is 10.3. The summed E-state index contributed by atoms with van der Waals surface area (Å²) in [5, 5.41) is 12.2. The van der Waals surface area contributed by atoms with Gasteiger partial charge in [-0.2, -0.15) is 0 Å². The van der Waals surface area contributed by atoms with E-state index in [2.05, 4.69) is 5.32 Å². The van der Waals surface area contributed by atoms with E-state index in [1.165, 1.54) is 4.90 Å². The second kappa shape index (κ2) is 6.44. The van der Waals surface area contributed by atoms with E-state index in [0.29, 0.717) is 19.6 Å². The molecular weight excluding hydrogens is 224 g/mol. The first kappa shape index (κ1) is 13.8. The van der Waals surface area contributed by atoms with Crippen LogP contribution in [0.25, 0.3) is 0 Å². The monoisotopic (exact) mass is 244 g/mol. The number of hydrogen-bond donors (Lipinski definition) is 2. The molecule has 0 aromatic heterocycles. The zero-order valence-corrected chi connectivity index (χ0v) is 10.3. The van der Waals surface area contributed by atoms with Gasteiger partial charge in [0.1, 0.15) is 0 Å². The van der Waals surface area contributed by atoms with Crippen molar-refractivity contribution in [2.45, 2.75) is 26.3 Å². The molecule has 0 spiro atoms. The van der Waals surface area contributed by atoms with Crippen molar-refractivity contribution in [3.63, 3.8) is 0 Å². The van der Waals surface area contributed by atoms with Crippen LogP contribution in [0.3, 0.4) is 0 Å². The predicted molar refractivity (Wildman–Crippen MR) is 61.8 cm³/mol. The number of ether oxygens (including phenoxy) is 1. The Kier molecular flexibility index (Phi) is 5.21. The Morgan fingerprint density at radius 2 is 2.12 bits per heavy atom. The second-order valence-corrected chi connectivity index (χ2v) is 4.13. The summed E-state index contributed by atoms with van der Waals surface area (Å²) in [6.45, 7) is 5.50. The van der Waals surface area contributed by atoms with E-state index in [1.54, 1.807) is 6.92 Å². The minimum atomic E-state index is -0.859. The standard InChI is InChI=1S/C11H20N2O4/c1-3-12-9-5-8(10(14)15)6-13(7-9)11(16)17-4-2/h8-9,12H,3-7H2,1-2H3,(H,14,15). The van der Waals surface area contributed by atoms with Crippen LogP contribution < -0.4 is 5.32 Å². The molecule has 2 atom stereocenters. The molecule has 0 aliphatic carbocycles. The summed E-state index contributed by atoms with van der Waals surface area (Å²) in [4.78, 5) is 24.1. The first-order chi connectivity index (χ1) is 8.08. The number of aliphatic carboxylic acids is 1. The van der Waals surface area contributed by atoms with Gasteiger partial charge in [-0.3, -0.25) is 4.79 Å². The lowest BCUT2D eigenvalue weighted by molar-refractivity contribution is -0.143. The molecule has 1 saturated heterocycles. The second-order valence-electron chi connectivity index (χ2n) is 4.13. The Balaban J connectivity index is 2.64. The lowest BCUT2D eigenvalue weighted by Crippen LogP contribution is -2.52. The van der Waals surface area contributed by atoms with Gasteiger partial charge in [0.25, 0.3) is 0 Å². The van der Waals surface area contributed by atoms with Crippen molar-refractivity contribution in [3.8, 4) is 0 Å². The fourth-order valence-corrected chi connectivity index (χ4v) is 2.08. The lowest BCUT2D eigenvalue weighted by atomic mass is 9.94. The quantitative estimate of drug-likeness (QED) is 0.754. The molecule has 1 aliphatic heterocycles. The van der Waals surface area contributed by atoms with E-state index in [-0.39, 0.29) is 12.6 Å². The molecule has 0 bridgehead atoms. The Morgan fingerprint density at radius 1 is 1.41 bits per heavy atom. The van der Waals surface area contributed by atoms with E-state index in [1.807, 2.05) is 6.92 Å². The minimum Gasteiger partial charge on any atom is -0.481 e. The SMILES string of the molecule is CCNC1CC(C(=O)O)CN(C(=O)OCC)C1. The molecule has 1 heterocycles. The fraction of sp³-hybridized carbons (Fsp3) is 0.818. The molecule has 1 amide bonds. The van der Waals surface area contributed by atoms with E-state index in [0.717, 1.165) is 6.54 Å². The molecule has 6 heteroatoms. The van der Waals surface area contributed by atoms with E-state index in [9.17, 15) is 9.59 Å². The number of likely N-dealkylation sites (N-methyl/N-ethyl adjacent to an activating group) is 1. The summed E-state index contributed by atoms with van der Waals surface area (Å²) in [6, 6.07) is 0.0271. The van der Waals surface area contributed by atoms with Crippen LogP contribution in [-0.2, 0) is 9.53 Å². The van der Waals surface area contributed by atoms with Crippen molar-refractivity contribution in [2.75, 3.05) is 26.2 Å². The smallest absolute Gasteiger partial charge is 0.409 e. The summed E-state index contributed by atoms with van der Waals surface area (Å²) in [5.41, 5.74) is 0.